The number of carbonyl (C=O) groups is 5. The van der Waals surface area contributed by atoms with Gasteiger partial charge in [-0.25, -0.2) is 14.8 Å². The standard InChI is InChI=1S/C11H15BN2O4.C9H13N.C8H11BrN2.C8H12N2.C7H12BrNO.C7H11N3O.C6H15ClOSi.C6H11NO2.2C6H16OSi.C5H9ClO2.C2H4O2.CH4N2/c1-11(2)6-17-12(18-7-11)9-4-3-8(14(15)16)5-10(9)13;1-3-4-8(2)9-5-6-10-7-9;1-3-4-6(2)7-5-10-8(9)11-7;1-3-4-7(2)8-5-9-6-10-8;1-3-4-6(9-2)7(10)5-8;1-3-4-6(9-2)7(11)5-10-8;1-9(2,3)5-4-8-6-7;1-3-4-5(7-2)6(8)9;2*1-7-5-6-8(2,3)4;1-4(2)3-8-5(6)7;1-2(3)4;2-1-3/h3-5H,6-7,13H2,1-2H3;3,6-8H,1,4-5H2,2H3;3,5-6H,1,4H2,2H3,(H,10,11);3,5-7H,1,4H2,2H3,(H,9,10);3,6,9H,1,4-5H2,2H3;3,5-6,9H,1,4H2,2H3;4-6H2,1-3H3;3,5,7H,1,4H2,2H3,(H,8,9);2*5-6H2,1-4H3;4H,3H2,1-2H3;1H3,(H,3,4);1H,(H3,2,3). The van der Waals surface area contributed by atoms with Crippen molar-refractivity contribution in [1.82, 2.24) is 35.9 Å². The van der Waals surface area contributed by atoms with E-state index in [1.807, 2.05) is 70.7 Å². The summed E-state index contributed by atoms with van der Waals surface area (Å²) in [7, 11) is 5.55. The Kier molecular flexibility index (Phi) is 86.9. The van der Waals surface area contributed by atoms with Crippen molar-refractivity contribution in [3.05, 3.63) is 156 Å². The van der Waals surface area contributed by atoms with Crippen LogP contribution in [0.4, 0.5) is 16.2 Å². The Labute approximate surface area is 743 Å². The molecule has 5 rings (SSSR count). The number of H-pyrrole nitrogens is 2. The number of halogens is 4. The summed E-state index contributed by atoms with van der Waals surface area (Å²) in [6.07, 6.45) is 27.5. The molecule has 1 aromatic carbocycles. The number of carboxylic acid groups (broad SMARTS) is 2. The van der Waals surface area contributed by atoms with Gasteiger partial charge in [0.25, 0.3) is 17.4 Å². The quantitative estimate of drug-likeness (QED) is 0.00208. The number of alkyl halides is 2. The molecule has 0 spiro atoms. The molecule has 1 saturated heterocycles. The minimum absolute atomic E-state index is 0.0218. The van der Waals surface area contributed by atoms with Gasteiger partial charge in [0.15, 0.2) is 10.5 Å². The smallest absolute Gasteiger partial charge is 0.481 e. The second kappa shape index (κ2) is 80.9. The SMILES string of the molecule is C=CCC(C)C1=CN=CC1.C=CCC(C)c1cnc(Br)[nH]1.C=CCC(C)c1cnc[nH]1.C=CCC(NC)C(=O)C=[N+]=[N-].C=CCC(NC)C(=O)CBr.C=CCC(NC)C(=O)O.CC(=O)O.CC(C)COC(=O)Cl.CC1(C)COB(c2ccc([N+](=O)[O-])cc2N)OC1.COCC[Si](C)(C)C.COCC[Si](C)(C)C.C[Si](C)(C)CCOCCl.N=CN. The molecule has 12 N–H and O–H groups in total. The lowest BCUT2D eigenvalue weighted by molar-refractivity contribution is -0.384. The molecule has 680 valence electrons. The molecule has 37 heteroatoms. The summed E-state index contributed by atoms with van der Waals surface area (Å²) in [5.74, 6) is 0.221. The molecule has 3 aromatic rings. The molecule has 0 amide bonds. The summed E-state index contributed by atoms with van der Waals surface area (Å²) >= 11 is 16.5. The number of aromatic amines is 2. The van der Waals surface area contributed by atoms with Crippen molar-refractivity contribution in [3.63, 3.8) is 0 Å². The van der Waals surface area contributed by atoms with Gasteiger partial charge in [0, 0.05) is 173 Å². The maximum atomic E-state index is 11.0. The molecule has 1 fully saturated rings. The van der Waals surface area contributed by atoms with Gasteiger partial charge in [-0.2, -0.15) is 4.79 Å². The Morgan fingerprint density at radius 1 is 0.773 bits per heavy atom. The number of carboxylic acids is 2. The number of anilines is 1. The monoisotopic (exact) mass is 1890 g/mol. The Morgan fingerprint density at radius 3 is 1.51 bits per heavy atom. The maximum Gasteiger partial charge on any atom is 0.496 e. The van der Waals surface area contributed by atoms with Gasteiger partial charge < -0.3 is 81.4 Å². The molecule has 2 aliphatic heterocycles. The summed E-state index contributed by atoms with van der Waals surface area (Å²) in [5.41, 5.74) is 22.2. The molecule has 2 aliphatic rings. The molecular formula is C82H149BBr2Cl2N14O15Si3. The number of rotatable bonds is 37. The lowest BCUT2D eigenvalue weighted by atomic mass is 9.75. The minimum atomic E-state index is -0.878. The third-order valence-electron chi connectivity index (χ3n) is 15.1. The van der Waals surface area contributed by atoms with E-state index in [9.17, 15) is 29.3 Å². The number of hydrogen-bond donors (Lipinski definition) is 10. The third kappa shape index (κ3) is 87.4. The van der Waals surface area contributed by atoms with Crippen LogP contribution in [0, 0.1) is 32.8 Å². The maximum absolute atomic E-state index is 11.0. The van der Waals surface area contributed by atoms with Crippen LogP contribution in [0.3, 0.4) is 0 Å². The Hall–Kier alpha value is -6.77. The third-order valence-corrected chi connectivity index (χ3v) is 21.4. The van der Waals surface area contributed by atoms with Crippen molar-refractivity contribution < 1.29 is 72.2 Å². The van der Waals surface area contributed by atoms with E-state index in [0.717, 1.165) is 75.4 Å². The van der Waals surface area contributed by atoms with Gasteiger partial charge in [-0.05, 0) is 111 Å². The molecule has 29 nitrogen and oxygen atoms in total. The van der Waals surface area contributed by atoms with Gasteiger partial charge in [0.1, 0.15) is 12.1 Å². The number of Topliss-reactive ketones (excluding diaryl/α,β-unsaturated/α-hetero) is 2. The van der Waals surface area contributed by atoms with Crippen LogP contribution in [0.25, 0.3) is 5.53 Å². The summed E-state index contributed by atoms with van der Waals surface area (Å²) < 4.78 is 31.3. The zero-order valence-electron chi connectivity index (χ0n) is 75.4. The van der Waals surface area contributed by atoms with E-state index < -0.39 is 59.7 Å². The molecule has 6 unspecified atom stereocenters. The minimum Gasteiger partial charge on any atom is -0.481 e. The van der Waals surface area contributed by atoms with Crippen molar-refractivity contribution >= 4 is 151 Å². The molecule has 4 heterocycles. The van der Waals surface area contributed by atoms with Crippen LogP contribution >= 0.6 is 55.1 Å². The highest BCUT2D eigenvalue weighted by molar-refractivity contribution is 9.10. The predicted molar refractivity (Wildman–Crippen MR) is 512 cm³/mol. The van der Waals surface area contributed by atoms with Gasteiger partial charge in [-0.3, -0.25) is 39.7 Å². The van der Waals surface area contributed by atoms with Crippen molar-refractivity contribution in [2.45, 2.75) is 207 Å². The second-order valence-electron chi connectivity index (χ2n) is 31.1. The summed E-state index contributed by atoms with van der Waals surface area (Å²) in [5, 5.41) is 41.0. The van der Waals surface area contributed by atoms with Crippen LogP contribution in [0.1, 0.15) is 124 Å². The van der Waals surface area contributed by atoms with E-state index in [1.165, 1.54) is 41.5 Å². The number of nitrogens with two attached hydrogens (primary N) is 2. The predicted octanol–water partition coefficient (Wildman–Crippen LogP) is 18.0. The van der Waals surface area contributed by atoms with Gasteiger partial charge in [-0.1, -0.05) is 177 Å². The van der Waals surface area contributed by atoms with Gasteiger partial charge in [0.05, 0.1) is 41.6 Å². The van der Waals surface area contributed by atoms with Gasteiger partial charge >= 0.3 is 24.7 Å². The number of carbonyl (C=O) groups excluding carboxylic acids is 3. The van der Waals surface area contributed by atoms with Crippen LogP contribution < -0.4 is 32.9 Å². The van der Waals surface area contributed by atoms with E-state index in [2.05, 4.69) is 207 Å². The van der Waals surface area contributed by atoms with Crippen LogP contribution in [0.2, 0.25) is 77.1 Å². The molecular weight excluding hydrogens is 1750 g/mol. The first kappa shape index (κ1) is 128. The fraction of sp³-hybridized carbons (Fsp3) is 0.585. The van der Waals surface area contributed by atoms with Crippen LogP contribution in [0.15, 0.2) is 134 Å². The zero-order chi connectivity index (χ0) is 93.8. The molecule has 2 aromatic heterocycles. The van der Waals surface area contributed by atoms with E-state index in [0.29, 0.717) is 85.3 Å². The molecule has 0 bridgehead atoms. The number of benzene rings is 1. The second-order valence-corrected chi connectivity index (χ2v) is 49.8. The van der Waals surface area contributed by atoms with Gasteiger partial charge in [-0.15, -0.1) is 39.5 Å². The first-order chi connectivity index (χ1) is 55.5. The van der Waals surface area contributed by atoms with E-state index in [1.54, 1.807) is 66.0 Å². The van der Waals surface area contributed by atoms with Crippen molar-refractivity contribution in [1.29, 1.82) is 5.41 Å². The molecule has 0 aliphatic carbocycles. The van der Waals surface area contributed by atoms with E-state index >= 15 is 0 Å². The van der Waals surface area contributed by atoms with Gasteiger partial charge in [0.2, 0.25) is 0 Å². The van der Waals surface area contributed by atoms with E-state index in [4.69, 9.17) is 78.4 Å². The largest absolute Gasteiger partial charge is 0.496 e. The summed E-state index contributed by atoms with van der Waals surface area (Å²) in [4.78, 5) is 82.0. The first-order valence-electron chi connectivity index (χ1n) is 38.7. The van der Waals surface area contributed by atoms with Crippen molar-refractivity contribution in [2.24, 2.45) is 28.0 Å². The molecule has 0 saturated carbocycles. The number of aromatic nitrogens is 4. The van der Waals surface area contributed by atoms with E-state index in [-0.39, 0.29) is 34.8 Å². The lowest BCUT2D eigenvalue weighted by Crippen LogP contribution is -2.48. The fourth-order valence-electron chi connectivity index (χ4n) is 8.05. The summed E-state index contributed by atoms with van der Waals surface area (Å²) in [6, 6.07) is 7.52. The number of aliphatic imine (C=N–C) groups is 1. The molecule has 119 heavy (non-hydrogen) atoms. The molecule has 6 atom stereocenters. The zero-order valence-corrected chi connectivity index (χ0v) is 83.1. The molecule has 0 radical (unpaired) electrons. The average molecular weight is 1900 g/mol. The number of aliphatic carboxylic acids is 2. The average Bonchev–Trinajstić information content (AvgIpc) is 1.35. The van der Waals surface area contributed by atoms with Crippen LogP contribution in [-0.2, 0) is 47.4 Å². The number of ether oxygens (including phenoxy) is 4. The highest BCUT2D eigenvalue weighted by atomic mass is 79.9. The van der Waals surface area contributed by atoms with Crippen LogP contribution in [0.5, 0.6) is 0 Å². The number of likely N-dealkylation sites (N-methyl/N-ethyl adjacent to an activating group) is 3. The number of nitro benzene ring substituents is 1. The Morgan fingerprint density at radius 2 is 1.21 bits per heavy atom. The number of methoxy groups -OCH3 is 2. The number of non-ortho nitro benzene ring substituents is 1. The lowest BCUT2D eigenvalue weighted by Gasteiger charge is -2.33. The number of allylic oxidation sites excluding steroid dienone is 4. The number of ketones is 2. The topological polar surface area (TPSA) is 442 Å². The Balaban J connectivity index is -0.000000190. The fourth-order valence-corrected chi connectivity index (χ4v) is 11.3. The number of imidazole rings is 2. The Bertz CT molecular complexity index is 3290. The van der Waals surface area contributed by atoms with Crippen molar-refractivity contribution in [3.8, 4) is 0 Å². The number of nitrogen functional groups attached to an aromatic ring is 1. The van der Waals surface area contributed by atoms with Crippen molar-refractivity contribution in [2.75, 3.05) is 92.1 Å². The number of hydrogen-bond acceptors (Lipinski definition) is 21. The highest BCUT2D eigenvalue weighted by Crippen LogP contribution is 2.24. The highest BCUT2D eigenvalue weighted by Gasteiger charge is 2.35. The number of nitrogens with zero attached hydrogens (tertiary/aromatic N) is 6. The number of nitro groups is 1. The first-order valence-corrected chi connectivity index (χ1v) is 52.7. The summed E-state index contributed by atoms with van der Waals surface area (Å²) in [6.45, 7) is 62.4. The normalized spacial score (nSPS) is 13.2. The number of nitrogens with one attached hydrogen (secondary N) is 6. The van der Waals surface area contributed by atoms with Crippen LogP contribution in [-0.4, -0.2) is 223 Å².